The molecule has 1 aliphatic carbocycles. The van der Waals surface area contributed by atoms with Crippen LogP contribution in [-0.2, 0) is 16.3 Å². The van der Waals surface area contributed by atoms with Crippen LogP contribution in [0.15, 0.2) is 4.21 Å². The van der Waals surface area contributed by atoms with E-state index in [0.717, 1.165) is 6.26 Å². The standard InChI is InChI=1S/C11H11F5O4S2/c1-22(18,19)9-6-5(4-10(12,13)7(6)17)8(21-9)20-3-2-11(14,15)16/h7,17H,2-4H2,1H3. The Hall–Kier alpha value is -0.940. The van der Waals surface area contributed by atoms with Gasteiger partial charge in [-0.15, -0.1) is 0 Å². The van der Waals surface area contributed by atoms with Crippen LogP contribution in [0.2, 0.25) is 0 Å². The van der Waals surface area contributed by atoms with Crippen molar-refractivity contribution in [1.29, 1.82) is 0 Å². The Morgan fingerprint density at radius 1 is 1.41 bits per heavy atom. The lowest BCUT2D eigenvalue weighted by Gasteiger charge is -2.14. The summed E-state index contributed by atoms with van der Waals surface area (Å²) in [6.07, 6.45) is -8.31. The maximum atomic E-state index is 13.5. The highest BCUT2D eigenvalue weighted by Crippen LogP contribution is 2.53. The number of fused-ring (bicyclic) bond motifs is 1. The minimum atomic E-state index is -4.48. The summed E-state index contributed by atoms with van der Waals surface area (Å²) < 4.78 is 90.9. The molecule has 0 amide bonds. The topological polar surface area (TPSA) is 63.6 Å². The molecule has 2 rings (SSSR count). The van der Waals surface area contributed by atoms with Gasteiger partial charge in [0.15, 0.2) is 14.9 Å². The lowest BCUT2D eigenvalue weighted by molar-refractivity contribution is -0.139. The van der Waals surface area contributed by atoms with Crippen molar-refractivity contribution >= 4 is 21.2 Å². The minimum absolute atomic E-state index is 0.245. The summed E-state index contributed by atoms with van der Waals surface area (Å²) in [6.45, 7) is -0.818. The van der Waals surface area contributed by atoms with Gasteiger partial charge in [0.25, 0.3) is 5.92 Å². The Morgan fingerprint density at radius 3 is 2.50 bits per heavy atom. The predicted molar refractivity (Wildman–Crippen MR) is 67.2 cm³/mol. The summed E-state index contributed by atoms with van der Waals surface area (Å²) in [5.74, 6) is -3.58. The fourth-order valence-corrected chi connectivity index (χ4v) is 4.50. The van der Waals surface area contributed by atoms with E-state index in [9.17, 15) is 35.5 Å². The van der Waals surface area contributed by atoms with E-state index >= 15 is 0 Å². The third-order valence-electron chi connectivity index (χ3n) is 3.02. The van der Waals surface area contributed by atoms with Gasteiger partial charge in [0.2, 0.25) is 0 Å². The van der Waals surface area contributed by atoms with Gasteiger partial charge in [0.1, 0.15) is 10.3 Å². The van der Waals surface area contributed by atoms with Crippen LogP contribution in [0.25, 0.3) is 0 Å². The highest BCUT2D eigenvalue weighted by Gasteiger charge is 2.52. The highest BCUT2D eigenvalue weighted by molar-refractivity contribution is 7.92. The molecular weight excluding hydrogens is 355 g/mol. The molecular formula is C11H11F5O4S2. The number of ether oxygens (including phenoxy) is 1. The molecule has 1 heterocycles. The van der Waals surface area contributed by atoms with E-state index in [1.54, 1.807) is 0 Å². The van der Waals surface area contributed by atoms with Crippen molar-refractivity contribution in [2.45, 2.75) is 35.3 Å². The molecule has 1 unspecified atom stereocenters. The summed E-state index contributed by atoms with van der Waals surface area (Å²) in [6, 6.07) is 0. The molecule has 0 saturated carbocycles. The van der Waals surface area contributed by atoms with Gasteiger partial charge < -0.3 is 9.84 Å². The van der Waals surface area contributed by atoms with Crippen molar-refractivity contribution in [3.63, 3.8) is 0 Å². The minimum Gasteiger partial charge on any atom is -0.483 e. The molecule has 4 nitrogen and oxygen atoms in total. The average Bonchev–Trinajstić information content (AvgIpc) is 2.74. The zero-order valence-corrected chi connectivity index (χ0v) is 12.7. The fourth-order valence-electron chi connectivity index (χ4n) is 2.07. The lowest BCUT2D eigenvalue weighted by Crippen LogP contribution is -2.22. The van der Waals surface area contributed by atoms with Gasteiger partial charge in [-0.05, 0) is 0 Å². The van der Waals surface area contributed by atoms with Gasteiger partial charge in [-0.1, -0.05) is 11.3 Å². The number of thiophene rings is 1. The van der Waals surface area contributed by atoms with Crippen LogP contribution in [0.4, 0.5) is 22.0 Å². The smallest absolute Gasteiger partial charge is 0.392 e. The highest BCUT2D eigenvalue weighted by atomic mass is 32.2. The van der Waals surface area contributed by atoms with Crippen molar-refractivity contribution in [1.82, 2.24) is 0 Å². The zero-order valence-electron chi connectivity index (χ0n) is 11.1. The second-order valence-electron chi connectivity index (χ2n) is 4.90. The quantitative estimate of drug-likeness (QED) is 0.833. The molecule has 126 valence electrons. The summed E-state index contributed by atoms with van der Waals surface area (Å²) >= 11 is 0.453. The molecule has 22 heavy (non-hydrogen) atoms. The first-order chi connectivity index (χ1) is 9.83. The molecule has 1 atom stereocenters. The van der Waals surface area contributed by atoms with Gasteiger partial charge >= 0.3 is 6.18 Å². The number of hydrogen-bond acceptors (Lipinski definition) is 5. The molecule has 0 radical (unpaired) electrons. The average molecular weight is 366 g/mol. The summed E-state index contributed by atoms with van der Waals surface area (Å²) in [4.78, 5) is 0. The lowest BCUT2D eigenvalue weighted by atomic mass is 10.2. The summed E-state index contributed by atoms with van der Waals surface area (Å²) in [5.41, 5.74) is -0.718. The third-order valence-corrected chi connectivity index (χ3v) is 6.02. The monoisotopic (exact) mass is 366 g/mol. The normalized spacial score (nSPS) is 21.0. The maximum Gasteiger partial charge on any atom is 0.392 e. The van der Waals surface area contributed by atoms with Gasteiger partial charge in [-0.2, -0.15) is 13.2 Å². The fraction of sp³-hybridized carbons (Fsp3) is 0.636. The SMILES string of the molecule is CS(=O)(=O)c1sc(OCCC(F)(F)F)c2c1C(O)C(F)(F)C2. The van der Waals surface area contributed by atoms with Crippen LogP contribution < -0.4 is 4.74 Å². The van der Waals surface area contributed by atoms with E-state index in [2.05, 4.69) is 0 Å². The van der Waals surface area contributed by atoms with Crippen LogP contribution in [0.1, 0.15) is 23.7 Å². The maximum absolute atomic E-state index is 13.5. The number of hydrogen-bond donors (Lipinski definition) is 1. The van der Waals surface area contributed by atoms with Gasteiger partial charge in [-0.3, -0.25) is 0 Å². The Balaban J connectivity index is 2.36. The Bertz CT molecular complexity index is 677. The largest absolute Gasteiger partial charge is 0.483 e. The first-order valence-corrected chi connectivity index (χ1v) is 8.65. The molecule has 0 saturated heterocycles. The number of sulfone groups is 1. The van der Waals surface area contributed by atoms with E-state index in [1.807, 2.05) is 0 Å². The Morgan fingerprint density at radius 2 is 2.00 bits per heavy atom. The number of alkyl halides is 5. The number of aliphatic hydroxyl groups excluding tert-OH is 1. The molecule has 0 bridgehead atoms. The van der Waals surface area contributed by atoms with Gasteiger partial charge in [-0.25, -0.2) is 17.2 Å². The van der Waals surface area contributed by atoms with Crippen LogP contribution in [0.3, 0.4) is 0 Å². The molecule has 1 N–H and O–H groups in total. The number of rotatable bonds is 4. The van der Waals surface area contributed by atoms with Crippen molar-refractivity contribution in [2.75, 3.05) is 12.9 Å². The number of halogens is 5. The van der Waals surface area contributed by atoms with Crippen molar-refractivity contribution in [3.8, 4) is 5.06 Å². The van der Waals surface area contributed by atoms with Crippen LogP contribution in [0, 0.1) is 0 Å². The molecule has 0 fully saturated rings. The molecule has 0 spiro atoms. The summed E-state index contributed by atoms with van der Waals surface area (Å²) in [7, 11) is -3.92. The van der Waals surface area contributed by atoms with Crippen LogP contribution in [-0.4, -0.2) is 38.5 Å². The first-order valence-electron chi connectivity index (χ1n) is 5.94. The molecule has 1 aliphatic rings. The number of aliphatic hydroxyl groups is 1. The van der Waals surface area contributed by atoms with Gasteiger partial charge in [0, 0.05) is 23.8 Å². The predicted octanol–water partition coefficient (Wildman–Crippen LogP) is 2.71. The van der Waals surface area contributed by atoms with Crippen molar-refractivity contribution < 1.29 is 40.2 Å². The second kappa shape index (κ2) is 5.31. The molecule has 0 aromatic carbocycles. The van der Waals surface area contributed by atoms with Crippen LogP contribution >= 0.6 is 11.3 Å². The van der Waals surface area contributed by atoms with Crippen LogP contribution in [0.5, 0.6) is 5.06 Å². The van der Waals surface area contributed by atoms with E-state index in [0.29, 0.717) is 11.3 Å². The summed E-state index contributed by atoms with van der Waals surface area (Å²) in [5, 5.41) is 9.25. The first kappa shape index (κ1) is 17.4. The van der Waals surface area contributed by atoms with E-state index in [4.69, 9.17) is 4.74 Å². The molecule has 1 aromatic rings. The second-order valence-corrected chi connectivity index (χ2v) is 8.09. The van der Waals surface area contributed by atoms with E-state index in [1.165, 1.54) is 0 Å². The molecule has 11 heteroatoms. The van der Waals surface area contributed by atoms with Crippen molar-refractivity contribution in [3.05, 3.63) is 11.1 Å². The van der Waals surface area contributed by atoms with E-state index in [-0.39, 0.29) is 10.6 Å². The van der Waals surface area contributed by atoms with E-state index < -0.39 is 57.3 Å². The zero-order chi connectivity index (χ0) is 16.9. The Labute approximate surface area is 126 Å². The third kappa shape index (κ3) is 3.35. The molecule has 0 aliphatic heterocycles. The molecule has 1 aromatic heterocycles. The Kier molecular flexibility index (Phi) is 4.20. The van der Waals surface area contributed by atoms with Gasteiger partial charge in [0.05, 0.1) is 13.0 Å². The van der Waals surface area contributed by atoms with Crippen molar-refractivity contribution in [2.24, 2.45) is 0 Å².